The van der Waals surface area contributed by atoms with Crippen LogP contribution in [0.25, 0.3) is 0 Å². The third-order valence-corrected chi connectivity index (χ3v) is 7.46. The van der Waals surface area contributed by atoms with Gasteiger partial charge in [-0.05, 0) is 0 Å². The van der Waals surface area contributed by atoms with Gasteiger partial charge in [0.2, 0.25) is 0 Å². The van der Waals surface area contributed by atoms with Crippen molar-refractivity contribution in [1.82, 2.24) is 0 Å². The zero-order chi connectivity index (χ0) is 35.6. The summed E-state index contributed by atoms with van der Waals surface area (Å²) in [4.78, 5) is 96.4. The maximum Gasteiger partial charge on any atom is 0.303 e. The molecule has 0 aromatic heterocycles. The molecule has 0 saturated carbocycles. The zero-order valence-electron chi connectivity index (χ0n) is 26.9. The highest BCUT2D eigenvalue weighted by molar-refractivity contribution is 8.00. The summed E-state index contributed by atoms with van der Waals surface area (Å²) in [7, 11) is 0. The Kier molecular flexibility index (Phi) is 14.9. The van der Waals surface area contributed by atoms with E-state index < -0.39 is 121 Å². The summed E-state index contributed by atoms with van der Waals surface area (Å²) in [5.41, 5.74) is -2.84. The van der Waals surface area contributed by atoms with Crippen molar-refractivity contribution >= 4 is 59.5 Å². The van der Waals surface area contributed by atoms with Gasteiger partial charge in [-0.15, -0.1) is 0 Å². The number of carbonyl (C=O) groups excluding carboxylic acids is 8. The summed E-state index contributed by atoms with van der Waals surface area (Å²) < 4.78 is 55.0. The maximum atomic E-state index is 12.3. The van der Waals surface area contributed by atoms with E-state index in [1.165, 1.54) is 0 Å². The Morgan fingerprint density at radius 1 is 0.404 bits per heavy atom. The van der Waals surface area contributed by atoms with Crippen molar-refractivity contribution in [2.45, 2.75) is 115 Å². The molecule has 0 aromatic rings. The molecule has 0 unspecified atom stereocenters. The molecule has 0 aromatic carbocycles. The average Bonchev–Trinajstić information content (AvgIpc) is 2.91. The number of hydrogen-bond acceptors (Lipinski definition) is 19. The predicted molar refractivity (Wildman–Crippen MR) is 152 cm³/mol. The van der Waals surface area contributed by atoms with Crippen molar-refractivity contribution < 1.29 is 85.7 Å². The quantitative estimate of drug-likeness (QED) is 0.192. The van der Waals surface area contributed by atoms with E-state index in [1.54, 1.807) is 0 Å². The Hall–Kier alpha value is -3.97. The number of esters is 8. The van der Waals surface area contributed by atoms with Gasteiger partial charge in [-0.25, -0.2) is 0 Å². The summed E-state index contributed by atoms with van der Waals surface area (Å²) in [6, 6.07) is 0. The Balaban J connectivity index is 2.69. The minimum atomic E-state index is -1.54. The van der Waals surface area contributed by atoms with Gasteiger partial charge in [0.1, 0.15) is 36.3 Å². The van der Waals surface area contributed by atoms with Crippen molar-refractivity contribution in [2.24, 2.45) is 0 Å². The molecule has 19 heteroatoms. The molecule has 0 radical (unpaired) electrons. The van der Waals surface area contributed by atoms with Crippen molar-refractivity contribution in [3.63, 3.8) is 0 Å². The molecule has 2 heterocycles. The Labute approximate surface area is 273 Å². The molecule has 18 nitrogen and oxygen atoms in total. The molecule has 2 aliphatic rings. The lowest BCUT2D eigenvalue weighted by molar-refractivity contribution is -0.243. The largest absolute Gasteiger partial charge is 0.463 e. The molecule has 0 aliphatic carbocycles. The van der Waals surface area contributed by atoms with E-state index in [2.05, 4.69) is 0 Å². The van der Waals surface area contributed by atoms with Gasteiger partial charge in [0.05, 0.1) is 0 Å². The van der Waals surface area contributed by atoms with E-state index in [0.717, 1.165) is 55.4 Å². The molecule has 0 N–H and O–H groups in total. The van der Waals surface area contributed by atoms with Crippen LogP contribution in [0.4, 0.5) is 0 Å². The smallest absolute Gasteiger partial charge is 0.303 e. The number of carbonyl (C=O) groups is 8. The monoisotopic (exact) mass is 694 g/mol. The zero-order valence-corrected chi connectivity index (χ0v) is 27.8. The topological polar surface area (TPSA) is 229 Å². The first-order chi connectivity index (χ1) is 21.9. The molecule has 47 heavy (non-hydrogen) atoms. The molecule has 0 bridgehead atoms. The second kappa shape index (κ2) is 17.8. The summed E-state index contributed by atoms with van der Waals surface area (Å²) in [5, 5.41) is 0. The van der Waals surface area contributed by atoms with E-state index in [9.17, 15) is 38.4 Å². The van der Waals surface area contributed by atoms with Crippen LogP contribution in [0.3, 0.4) is 0 Å². The SMILES string of the molecule is CC(=O)OC[C@H]1O[C@@H](S[C@H]2O[C@H](COC(C)=O)[C@@H](OC(C)=O)[C@H](OC(C)=O)[C@@H]2OC(C)=O)[C@H](OC(C)=O)[C@@H](OC(C)=O)[C@H]1OC(C)=O. The van der Waals surface area contributed by atoms with E-state index in [-0.39, 0.29) is 0 Å². The number of ether oxygens (including phenoxy) is 10. The standard InChI is InChI=1S/C28H38O18S/c1-11(29)37-9-19-21(39-13(3)31)23(41-15(5)33)25(43-17(7)35)27(45-19)47-28-26(44-18(8)36)24(42-16(6)34)22(40-14(4)32)20(46-28)10-38-12(2)30/h19-28H,9-10H2,1-8H3/t19-,20-,21-,22+,23+,24+,25+,26-,27-,28+/m1/s1. The van der Waals surface area contributed by atoms with E-state index in [0.29, 0.717) is 11.8 Å². The van der Waals surface area contributed by atoms with Crippen LogP contribution in [-0.4, -0.2) is 121 Å². The molecular formula is C28H38O18S. The minimum absolute atomic E-state index is 0.520. The van der Waals surface area contributed by atoms with Gasteiger partial charge in [0.25, 0.3) is 0 Å². The van der Waals surface area contributed by atoms with Crippen molar-refractivity contribution in [1.29, 1.82) is 0 Å². The highest BCUT2D eigenvalue weighted by Crippen LogP contribution is 2.41. The Bertz CT molecular complexity index is 1110. The normalized spacial score (nSPS) is 30.0. The molecular weight excluding hydrogens is 656 g/mol. The summed E-state index contributed by atoms with van der Waals surface area (Å²) >= 11 is 0.678. The molecule has 264 valence electrons. The third-order valence-electron chi connectivity index (χ3n) is 6.16. The van der Waals surface area contributed by atoms with Crippen molar-refractivity contribution in [3.8, 4) is 0 Å². The first kappa shape index (κ1) is 39.2. The number of rotatable bonds is 12. The first-order valence-electron chi connectivity index (χ1n) is 14.2. The number of thioether (sulfide) groups is 1. The van der Waals surface area contributed by atoms with Gasteiger partial charge in [-0.2, -0.15) is 0 Å². The predicted octanol–water partition coefficient (Wildman–Crippen LogP) is -0.114. The first-order valence-corrected chi connectivity index (χ1v) is 15.1. The second-order valence-electron chi connectivity index (χ2n) is 10.3. The average molecular weight is 695 g/mol. The fourth-order valence-electron chi connectivity index (χ4n) is 4.73. The van der Waals surface area contributed by atoms with E-state index in [1.807, 2.05) is 0 Å². The van der Waals surface area contributed by atoms with E-state index >= 15 is 0 Å². The Morgan fingerprint density at radius 3 is 0.915 bits per heavy atom. The summed E-state index contributed by atoms with van der Waals surface area (Å²) in [5.74, 6) is -6.62. The number of hydrogen-bond donors (Lipinski definition) is 0. The molecule has 0 spiro atoms. The molecule has 0 amide bonds. The van der Waals surface area contributed by atoms with Crippen LogP contribution in [-0.2, 0) is 85.7 Å². The van der Waals surface area contributed by atoms with Gasteiger partial charge in [-0.1, -0.05) is 11.8 Å². The van der Waals surface area contributed by atoms with Crippen molar-refractivity contribution in [3.05, 3.63) is 0 Å². The minimum Gasteiger partial charge on any atom is -0.463 e. The molecule has 2 saturated heterocycles. The third kappa shape index (κ3) is 12.3. The maximum absolute atomic E-state index is 12.3. The van der Waals surface area contributed by atoms with E-state index in [4.69, 9.17) is 47.4 Å². The molecule has 10 atom stereocenters. The van der Waals surface area contributed by atoms with Crippen LogP contribution in [0, 0.1) is 0 Å². The second-order valence-corrected chi connectivity index (χ2v) is 11.5. The lowest BCUT2D eigenvalue weighted by Gasteiger charge is -2.47. The van der Waals surface area contributed by atoms with Gasteiger partial charge >= 0.3 is 47.8 Å². The van der Waals surface area contributed by atoms with Crippen LogP contribution in [0.1, 0.15) is 55.4 Å². The highest BCUT2D eigenvalue weighted by atomic mass is 32.2. The summed E-state index contributed by atoms with van der Waals surface area (Å²) in [6.07, 6.45) is -11.7. The van der Waals surface area contributed by atoms with Gasteiger partial charge in [0, 0.05) is 55.4 Å². The molecule has 2 rings (SSSR count). The van der Waals surface area contributed by atoms with Crippen LogP contribution >= 0.6 is 11.8 Å². The molecule has 2 fully saturated rings. The fourth-order valence-corrected chi connectivity index (χ4v) is 6.14. The van der Waals surface area contributed by atoms with Gasteiger partial charge in [0.15, 0.2) is 36.6 Å². The highest BCUT2D eigenvalue weighted by Gasteiger charge is 2.57. The van der Waals surface area contributed by atoms with Crippen LogP contribution < -0.4 is 0 Å². The van der Waals surface area contributed by atoms with Crippen LogP contribution in [0.5, 0.6) is 0 Å². The van der Waals surface area contributed by atoms with Gasteiger partial charge in [-0.3, -0.25) is 38.4 Å². The van der Waals surface area contributed by atoms with Crippen LogP contribution in [0.15, 0.2) is 0 Å². The van der Waals surface area contributed by atoms with Crippen LogP contribution in [0.2, 0.25) is 0 Å². The lowest BCUT2D eigenvalue weighted by atomic mass is 9.99. The summed E-state index contributed by atoms with van der Waals surface area (Å²) in [6.45, 7) is 7.50. The molecule has 2 aliphatic heterocycles. The lowest BCUT2D eigenvalue weighted by Crippen LogP contribution is -2.64. The Morgan fingerprint density at radius 2 is 0.660 bits per heavy atom. The fraction of sp³-hybridized carbons (Fsp3) is 0.714. The van der Waals surface area contributed by atoms with Crippen molar-refractivity contribution in [2.75, 3.05) is 13.2 Å². The van der Waals surface area contributed by atoms with Gasteiger partial charge < -0.3 is 47.4 Å².